The van der Waals surface area contributed by atoms with Gasteiger partial charge < -0.3 is 5.32 Å². The van der Waals surface area contributed by atoms with Crippen molar-refractivity contribution in [3.05, 3.63) is 41.3 Å². The van der Waals surface area contributed by atoms with Crippen LogP contribution in [0.3, 0.4) is 0 Å². The smallest absolute Gasteiger partial charge is 0.216 e. The molecule has 5 nitrogen and oxygen atoms in total. The molecule has 0 saturated heterocycles. The Kier molecular flexibility index (Phi) is 3.94. The van der Waals surface area contributed by atoms with E-state index in [9.17, 15) is 4.79 Å². The van der Waals surface area contributed by atoms with Gasteiger partial charge in [-0.3, -0.25) is 4.79 Å². The Labute approximate surface area is 112 Å². The van der Waals surface area contributed by atoms with E-state index in [1.165, 1.54) is 12.5 Å². The second kappa shape index (κ2) is 5.65. The zero-order valence-electron chi connectivity index (χ0n) is 11.5. The SMILES string of the molecule is CC(=O)NCCc1c(C)nn(-c2ccccn2)c1C. The number of nitrogens with zero attached hydrogens (tertiary/aromatic N) is 3. The Morgan fingerprint density at radius 3 is 2.79 bits per heavy atom. The average Bonchev–Trinajstić information content (AvgIpc) is 2.67. The third-order valence-corrected chi connectivity index (χ3v) is 3.06. The lowest BCUT2D eigenvalue weighted by Crippen LogP contribution is -2.22. The van der Waals surface area contributed by atoms with Crippen LogP contribution in [-0.2, 0) is 11.2 Å². The van der Waals surface area contributed by atoms with Crippen molar-refractivity contribution in [3.63, 3.8) is 0 Å². The Morgan fingerprint density at radius 1 is 1.37 bits per heavy atom. The van der Waals surface area contributed by atoms with Crippen LogP contribution in [0.4, 0.5) is 0 Å². The molecule has 2 heterocycles. The third-order valence-electron chi connectivity index (χ3n) is 3.06. The summed E-state index contributed by atoms with van der Waals surface area (Å²) in [4.78, 5) is 15.2. The second-order valence-electron chi connectivity index (χ2n) is 4.48. The van der Waals surface area contributed by atoms with E-state index in [0.717, 1.165) is 23.6 Å². The Morgan fingerprint density at radius 2 is 2.16 bits per heavy atom. The number of hydrogen-bond donors (Lipinski definition) is 1. The highest BCUT2D eigenvalue weighted by molar-refractivity contribution is 5.72. The first-order chi connectivity index (χ1) is 9.09. The van der Waals surface area contributed by atoms with Crippen LogP contribution in [0.2, 0.25) is 0 Å². The molecule has 0 aliphatic heterocycles. The fourth-order valence-corrected chi connectivity index (χ4v) is 2.10. The molecule has 0 unspecified atom stereocenters. The summed E-state index contributed by atoms with van der Waals surface area (Å²) in [5.74, 6) is 0.807. The van der Waals surface area contributed by atoms with Gasteiger partial charge in [0.1, 0.15) is 0 Å². The summed E-state index contributed by atoms with van der Waals surface area (Å²) in [6.45, 7) is 6.16. The normalized spacial score (nSPS) is 10.5. The lowest BCUT2D eigenvalue weighted by atomic mass is 10.1. The molecule has 19 heavy (non-hydrogen) atoms. The maximum atomic E-state index is 10.9. The molecule has 0 aliphatic rings. The van der Waals surface area contributed by atoms with Crippen LogP contribution in [-0.4, -0.2) is 27.2 Å². The molecule has 2 aromatic heterocycles. The van der Waals surface area contributed by atoms with Gasteiger partial charge in [0.25, 0.3) is 0 Å². The molecule has 2 aromatic rings. The number of carbonyl (C=O) groups is 1. The summed E-state index contributed by atoms with van der Waals surface area (Å²) < 4.78 is 1.85. The van der Waals surface area contributed by atoms with Gasteiger partial charge in [0, 0.05) is 25.4 Å². The van der Waals surface area contributed by atoms with E-state index in [4.69, 9.17) is 0 Å². The van der Waals surface area contributed by atoms with Gasteiger partial charge in [0.15, 0.2) is 5.82 Å². The van der Waals surface area contributed by atoms with Crippen LogP contribution < -0.4 is 5.32 Å². The summed E-state index contributed by atoms with van der Waals surface area (Å²) in [6.07, 6.45) is 2.53. The van der Waals surface area contributed by atoms with E-state index in [1.807, 2.05) is 36.7 Å². The first-order valence-corrected chi connectivity index (χ1v) is 6.30. The molecule has 100 valence electrons. The maximum Gasteiger partial charge on any atom is 0.216 e. The van der Waals surface area contributed by atoms with Gasteiger partial charge in [-0.2, -0.15) is 5.10 Å². The van der Waals surface area contributed by atoms with Crippen molar-refractivity contribution in [2.24, 2.45) is 0 Å². The standard InChI is InChI=1S/C14H18N4O/c1-10-13(7-9-15-12(3)19)11(2)18(17-10)14-6-4-5-8-16-14/h4-6,8H,7,9H2,1-3H3,(H,15,19). The highest BCUT2D eigenvalue weighted by Gasteiger charge is 2.12. The van der Waals surface area contributed by atoms with Crippen molar-refractivity contribution < 1.29 is 4.79 Å². The van der Waals surface area contributed by atoms with E-state index in [-0.39, 0.29) is 5.91 Å². The van der Waals surface area contributed by atoms with Gasteiger partial charge in [-0.15, -0.1) is 0 Å². The molecule has 1 N–H and O–H groups in total. The molecule has 0 spiro atoms. The number of rotatable bonds is 4. The highest BCUT2D eigenvalue weighted by atomic mass is 16.1. The van der Waals surface area contributed by atoms with Crippen LogP contribution in [0, 0.1) is 13.8 Å². The number of aromatic nitrogens is 3. The van der Waals surface area contributed by atoms with Crippen molar-refractivity contribution >= 4 is 5.91 Å². The summed E-state index contributed by atoms with van der Waals surface area (Å²) in [5, 5.41) is 7.33. The van der Waals surface area contributed by atoms with Gasteiger partial charge >= 0.3 is 0 Å². The predicted molar refractivity (Wildman–Crippen MR) is 73.2 cm³/mol. The molecule has 0 aromatic carbocycles. The number of aryl methyl sites for hydroxylation is 1. The highest BCUT2D eigenvalue weighted by Crippen LogP contribution is 2.16. The van der Waals surface area contributed by atoms with Crippen molar-refractivity contribution in [2.45, 2.75) is 27.2 Å². The minimum absolute atomic E-state index is 0.00701. The largest absolute Gasteiger partial charge is 0.356 e. The molecular formula is C14H18N4O. The summed E-state index contributed by atoms with van der Waals surface area (Å²) in [5.41, 5.74) is 3.22. The topological polar surface area (TPSA) is 59.8 Å². The fourth-order valence-electron chi connectivity index (χ4n) is 2.10. The van der Waals surface area contributed by atoms with Gasteiger partial charge in [-0.1, -0.05) is 6.07 Å². The lowest BCUT2D eigenvalue weighted by Gasteiger charge is -2.05. The quantitative estimate of drug-likeness (QED) is 0.905. The molecule has 2 rings (SSSR count). The molecule has 0 atom stereocenters. The molecule has 0 radical (unpaired) electrons. The van der Waals surface area contributed by atoms with Crippen LogP contribution in [0.15, 0.2) is 24.4 Å². The molecular weight excluding hydrogens is 240 g/mol. The van der Waals surface area contributed by atoms with E-state index in [0.29, 0.717) is 6.54 Å². The minimum Gasteiger partial charge on any atom is -0.356 e. The van der Waals surface area contributed by atoms with Crippen LogP contribution in [0.25, 0.3) is 5.82 Å². The van der Waals surface area contributed by atoms with E-state index >= 15 is 0 Å². The Hall–Kier alpha value is -2.17. The monoisotopic (exact) mass is 258 g/mol. The average molecular weight is 258 g/mol. The van der Waals surface area contributed by atoms with E-state index in [1.54, 1.807) is 6.20 Å². The van der Waals surface area contributed by atoms with Gasteiger partial charge in [0.05, 0.1) is 5.69 Å². The number of pyridine rings is 1. The molecule has 0 aliphatic carbocycles. The zero-order chi connectivity index (χ0) is 13.8. The van der Waals surface area contributed by atoms with Crippen LogP contribution in [0.5, 0.6) is 0 Å². The van der Waals surface area contributed by atoms with E-state index in [2.05, 4.69) is 15.4 Å². The Bertz CT molecular complexity index is 575. The number of hydrogen-bond acceptors (Lipinski definition) is 3. The first kappa shape index (κ1) is 13.3. The summed E-state index contributed by atoms with van der Waals surface area (Å²) in [7, 11) is 0. The van der Waals surface area contributed by atoms with Crippen LogP contribution in [0.1, 0.15) is 23.9 Å². The van der Waals surface area contributed by atoms with Gasteiger partial charge in [-0.05, 0) is 38.0 Å². The zero-order valence-corrected chi connectivity index (χ0v) is 11.5. The molecule has 0 saturated carbocycles. The maximum absolute atomic E-state index is 10.9. The van der Waals surface area contributed by atoms with Gasteiger partial charge in [0.2, 0.25) is 5.91 Å². The van der Waals surface area contributed by atoms with Crippen molar-refractivity contribution in [1.29, 1.82) is 0 Å². The minimum atomic E-state index is -0.00701. The molecule has 0 bridgehead atoms. The number of amides is 1. The summed E-state index contributed by atoms with van der Waals surface area (Å²) in [6, 6.07) is 5.75. The Balaban J connectivity index is 2.22. The molecule has 5 heteroatoms. The first-order valence-electron chi connectivity index (χ1n) is 6.30. The lowest BCUT2D eigenvalue weighted by molar-refractivity contribution is -0.118. The van der Waals surface area contributed by atoms with Crippen LogP contribution >= 0.6 is 0 Å². The number of nitrogens with one attached hydrogen (secondary N) is 1. The second-order valence-corrected chi connectivity index (χ2v) is 4.48. The predicted octanol–water partition coefficient (Wildman–Crippen LogP) is 1.56. The van der Waals surface area contributed by atoms with Crippen molar-refractivity contribution in [2.75, 3.05) is 6.54 Å². The molecule has 1 amide bonds. The van der Waals surface area contributed by atoms with Crippen molar-refractivity contribution in [3.8, 4) is 5.82 Å². The number of carbonyl (C=O) groups excluding carboxylic acids is 1. The third kappa shape index (κ3) is 2.99. The van der Waals surface area contributed by atoms with Crippen molar-refractivity contribution in [1.82, 2.24) is 20.1 Å². The summed E-state index contributed by atoms with van der Waals surface area (Å²) >= 11 is 0. The van der Waals surface area contributed by atoms with E-state index < -0.39 is 0 Å². The fraction of sp³-hybridized carbons (Fsp3) is 0.357. The molecule has 0 fully saturated rings. The van der Waals surface area contributed by atoms with Gasteiger partial charge in [-0.25, -0.2) is 9.67 Å².